The zero-order valence-corrected chi connectivity index (χ0v) is 17.6. The van der Waals surface area contributed by atoms with Crippen LogP contribution >= 0.6 is 23.2 Å². The van der Waals surface area contributed by atoms with Crippen molar-refractivity contribution in [2.45, 2.75) is 17.5 Å². The van der Waals surface area contributed by atoms with E-state index in [-0.39, 0.29) is 22.8 Å². The Balaban J connectivity index is 1.98. The molecule has 1 amide bonds. The average Bonchev–Trinajstić information content (AvgIpc) is 3.12. The van der Waals surface area contributed by atoms with Crippen LogP contribution in [0.2, 0.25) is 10.0 Å². The van der Waals surface area contributed by atoms with E-state index in [0.29, 0.717) is 27.7 Å². The quantitative estimate of drug-likeness (QED) is 0.560. The van der Waals surface area contributed by atoms with E-state index >= 15 is 0 Å². The first-order valence-electron chi connectivity index (χ1n) is 8.38. The maximum atomic E-state index is 12.9. The Morgan fingerprint density at radius 3 is 2.42 bits per heavy atom. The summed E-state index contributed by atoms with van der Waals surface area (Å²) in [5.41, 5.74) is -0.991. The summed E-state index contributed by atoms with van der Waals surface area (Å²) < 4.78 is 63.5. The van der Waals surface area contributed by atoms with Crippen LogP contribution in [-0.4, -0.2) is 24.1 Å². The number of alkyl halides is 3. The summed E-state index contributed by atoms with van der Waals surface area (Å²) in [5, 5.41) is 11.3. The van der Waals surface area contributed by atoms with Gasteiger partial charge in [-0.1, -0.05) is 41.4 Å². The van der Waals surface area contributed by atoms with E-state index in [0.717, 1.165) is 6.07 Å². The maximum absolute atomic E-state index is 12.9. The summed E-state index contributed by atoms with van der Waals surface area (Å²) in [6, 6.07) is 8.79. The van der Waals surface area contributed by atoms with Gasteiger partial charge in [0.2, 0.25) is 15.9 Å². The topological polar surface area (TPSA) is 107 Å². The monoisotopic (exact) mass is 492 g/mol. The molecule has 3 rings (SSSR count). The molecule has 31 heavy (non-hydrogen) atoms. The second kappa shape index (κ2) is 8.50. The molecule has 164 valence electrons. The SMILES string of the molecule is NS(=O)(=O)c1cc(NC(=O)Cc2ccccc2Cl)cc(Cl)c1-n1cc(C(F)(F)F)cn1. The van der Waals surface area contributed by atoms with Gasteiger partial charge in [0.25, 0.3) is 0 Å². The summed E-state index contributed by atoms with van der Waals surface area (Å²) in [6.07, 6.45) is -3.72. The lowest BCUT2D eigenvalue weighted by molar-refractivity contribution is -0.137. The predicted octanol–water partition coefficient (Wildman–Crippen LogP) is 4.03. The van der Waals surface area contributed by atoms with E-state index in [1.807, 2.05) is 0 Å². The van der Waals surface area contributed by atoms with Crippen LogP contribution in [0.15, 0.2) is 53.7 Å². The average molecular weight is 493 g/mol. The third-order valence-corrected chi connectivity index (χ3v) is 5.65. The standard InChI is InChI=1S/C18H13Cl2F3N4O3S/c19-13-4-2-1-3-10(13)5-16(28)26-12-6-14(20)17(15(7-12)31(24,29)30)27-9-11(8-25-27)18(21,22)23/h1-4,6-9H,5H2,(H,26,28)(H2,24,29,30). The summed E-state index contributed by atoms with van der Waals surface area (Å²) in [4.78, 5) is 11.7. The van der Waals surface area contributed by atoms with Gasteiger partial charge in [-0.3, -0.25) is 4.79 Å². The van der Waals surface area contributed by atoms with Gasteiger partial charge in [0.05, 0.1) is 23.2 Å². The number of primary sulfonamides is 1. The summed E-state index contributed by atoms with van der Waals surface area (Å²) in [5.74, 6) is -0.532. The van der Waals surface area contributed by atoms with Gasteiger partial charge < -0.3 is 5.32 Å². The molecule has 0 saturated heterocycles. The van der Waals surface area contributed by atoms with Crippen molar-refractivity contribution in [2.75, 3.05) is 5.32 Å². The molecule has 3 aromatic rings. The molecular formula is C18H13Cl2F3N4O3S. The molecular weight excluding hydrogens is 480 g/mol. The van der Waals surface area contributed by atoms with Gasteiger partial charge in [0.1, 0.15) is 10.6 Å². The summed E-state index contributed by atoms with van der Waals surface area (Å²) in [6.45, 7) is 0. The minimum absolute atomic E-state index is 0.0296. The predicted molar refractivity (Wildman–Crippen MR) is 109 cm³/mol. The number of benzene rings is 2. The van der Waals surface area contributed by atoms with Crippen molar-refractivity contribution in [3.8, 4) is 5.69 Å². The molecule has 0 unspecified atom stereocenters. The van der Waals surface area contributed by atoms with Gasteiger partial charge in [-0.05, 0) is 23.8 Å². The first-order chi connectivity index (χ1) is 14.4. The largest absolute Gasteiger partial charge is 0.419 e. The minimum atomic E-state index is -4.70. The number of aromatic nitrogens is 2. The number of sulfonamides is 1. The van der Waals surface area contributed by atoms with Crippen molar-refractivity contribution in [3.05, 3.63) is 70.0 Å². The van der Waals surface area contributed by atoms with Crippen LogP contribution in [0.4, 0.5) is 18.9 Å². The minimum Gasteiger partial charge on any atom is -0.326 e. The Kier molecular flexibility index (Phi) is 6.33. The Bertz CT molecular complexity index is 1260. The highest BCUT2D eigenvalue weighted by atomic mass is 35.5. The molecule has 0 fully saturated rings. The van der Waals surface area contributed by atoms with Crippen molar-refractivity contribution in [1.29, 1.82) is 0 Å². The van der Waals surface area contributed by atoms with Crippen LogP contribution in [0.1, 0.15) is 11.1 Å². The normalized spacial score (nSPS) is 12.1. The summed E-state index contributed by atoms with van der Waals surface area (Å²) >= 11 is 12.2. The fraction of sp³-hybridized carbons (Fsp3) is 0.111. The number of carbonyl (C=O) groups excluding carboxylic acids is 1. The molecule has 3 N–H and O–H groups in total. The second-order valence-electron chi connectivity index (χ2n) is 6.34. The van der Waals surface area contributed by atoms with Crippen molar-refractivity contribution in [2.24, 2.45) is 5.14 Å². The van der Waals surface area contributed by atoms with Crippen molar-refractivity contribution < 1.29 is 26.4 Å². The number of amides is 1. The van der Waals surface area contributed by atoms with E-state index in [9.17, 15) is 26.4 Å². The molecule has 1 heterocycles. The van der Waals surface area contributed by atoms with Crippen LogP contribution < -0.4 is 10.5 Å². The Labute approximate surface area is 184 Å². The highest BCUT2D eigenvalue weighted by Crippen LogP contribution is 2.34. The molecule has 2 aromatic carbocycles. The maximum Gasteiger partial charge on any atom is 0.419 e. The number of nitrogens with one attached hydrogen (secondary N) is 1. The fourth-order valence-corrected chi connectivity index (χ4v) is 4.03. The Hall–Kier alpha value is -2.60. The fourth-order valence-electron chi connectivity index (χ4n) is 2.70. The van der Waals surface area contributed by atoms with Crippen LogP contribution in [0, 0.1) is 0 Å². The van der Waals surface area contributed by atoms with E-state index in [1.54, 1.807) is 24.3 Å². The van der Waals surface area contributed by atoms with Crippen molar-refractivity contribution in [1.82, 2.24) is 9.78 Å². The molecule has 0 aliphatic rings. The van der Waals surface area contributed by atoms with Gasteiger partial charge in [-0.2, -0.15) is 18.3 Å². The molecule has 0 aliphatic carbocycles. The molecule has 0 saturated carbocycles. The molecule has 0 spiro atoms. The smallest absolute Gasteiger partial charge is 0.326 e. The van der Waals surface area contributed by atoms with Crippen LogP contribution in [-0.2, 0) is 27.4 Å². The number of hydrogen-bond acceptors (Lipinski definition) is 4. The first-order valence-corrected chi connectivity index (χ1v) is 10.7. The molecule has 13 heteroatoms. The first kappa shape index (κ1) is 23.1. The van der Waals surface area contributed by atoms with Crippen LogP contribution in [0.25, 0.3) is 5.69 Å². The van der Waals surface area contributed by atoms with Gasteiger partial charge >= 0.3 is 6.18 Å². The Morgan fingerprint density at radius 2 is 1.84 bits per heavy atom. The van der Waals surface area contributed by atoms with E-state index in [4.69, 9.17) is 28.3 Å². The number of nitrogens with zero attached hydrogens (tertiary/aromatic N) is 2. The number of hydrogen-bond donors (Lipinski definition) is 2. The zero-order valence-electron chi connectivity index (χ0n) is 15.3. The van der Waals surface area contributed by atoms with E-state index in [2.05, 4.69) is 10.4 Å². The highest BCUT2D eigenvalue weighted by molar-refractivity contribution is 7.89. The molecule has 0 aliphatic heterocycles. The van der Waals surface area contributed by atoms with E-state index in [1.165, 1.54) is 6.07 Å². The lowest BCUT2D eigenvalue weighted by Crippen LogP contribution is -2.19. The number of carbonyl (C=O) groups is 1. The highest BCUT2D eigenvalue weighted by Gasteiger charge is 2.33. The van der Waals surface area contributed by atoms with Crippen molar-refractivity contribution in [3.63, 3.8) is 0 Å². The molecule has 7 nitrogen and oxygen atoms in total. The van der Waals surface area contributed by atoms with Gasteiger partial charge in [0, 0.05) is 16.9 Å². The number of halogens is 5. The molecule has 0 atom stereocenters. The van der Waals surface area contributed by atoms with Crippen LogP contribution in [0.5, 0.6) is 0 Å². The summed E-state index contributed by atoms with van der Waals surface area (Å²) in [7, 11) is -4.45. The van der Waals surface area contributed by atoms with Gasteiger partial charge in [0.15, 0.2) is 0 Å². The third-order valence-electron chi connectivity index (χ3n) is 4.07. The van der Waals surface area contributed by atoms with E-state index < -0.39 is 32.6 Å². The number of nitrogens with two attached hydrogens (primary N) is 1. The molecule has 0 bridgehead atoms. The number of anilines is 1. The lowest BCUT2D eigenvalue weighted by Gasteiger charge is -2.14. The third kappa shape index (κ3) is 5.37. The van der Waals surface area contributed by atoms with Crippen molar-refractivity contribution >= 4 is 44.8 Å². The van der Waals surface area contributed by atoms with Gasteiger partial charge in [-0.25, -0.2) is 18.2 Å². The second-order valence-corrected chi connectivity index (χ2v) is 8.68. The molecule has 0 radical (unpaired) electrons. The van der Waals surface area contributed by atoms with Crippen LogP contribution in [0.3, 0.4) is 0 Å². The lowest BCUT2D eigenvalue weighted by atomic mass is 10.1. The number of rotatable bonds is 5. The van der Waals surface area contributed by atoms with Gasteiger partial charge in [-0.15, -0.1) is 0 Å². The Morgan fingerprint density at radius 1 is 1.16 bits per heavy atom. The zero-order chi connectivity index (χ0) is 23.0. The molecule has 1 aromatic heterocycles.